The molecular formula is C12H15N3O. The summed E-state index contributed by atoms with van der Waals surface area (Å²) in [6, 6.07) is 4.02. The second-order valence-corrected chi connectivity index (χ2v) is 4.53. The zero-order chi connectivity index (χ0) is 11.1. The fourth-order valence-corrected chi connectivity index (χ4v) is 2.68. The Morgan fingerprint density at radius 2 is 2.38 bits per heavy atom. The van der Waals surface area contributed by atoms with E-state index in [0.717, 1.165) is 30.8 Å². The van der Waals surface area contributed by atoms with Crippen LogP contribution in [0.1, 0.15) is 18.4 Å². The number of rotatable bonds is 0. The van der Waals surface area contributed by atoms with Gasteiger partial charge in [0, 0.05) is 31.9 Å². The molecule has 1 atom stereocenters. The van der Waals surface area contributed by atoms with E-state index in [2.05, 4.69) is 16.0 Å². The Hall–Kier alpha value is -1.58. The fourth-order valence-electron chi connectivity index (χ4n) is 2.68. The predicted molar refractivity (Wildman–Crippen MR) is 61.1 cm³/mol. The van der Waals surface area contributed by atoms with Crippen LogP contribution in [0, 0.1) is 0 Å². The molecule has 0 bridgehead atoms. The number of hydrogen-bond donors (Lipinski definition) is 0. The van der Waals surface area contributed by atoms with Crippen LogP contribution >= 0.6 is 0 Å². The Morgan fingerprint density at radius 3 is 3.25 bits per heavy atom. The highest BCUT2D eigenvalue weighted by Gasteiger charge is 2.37. The van der Waals surface area contributed by atoms with Crippen molar-refractivity contribution in [2.24, 2.45) is 0 Å². The largest absolute Gasteiger partial charge is 0.344 e. The molecular weight excluding hydrogens is 202 g/mol. The lowest BCUT2D eigenvalue weighted by Gasteiger charge is -2.24. The number of fused-ring (bicyclic) bond motifs is 3. The van der Waals surface area contributed by atoms with Crippen LogP contribution in [0.15, 0.2) is 18.3 Å². The van der Waals surface area contributed by atoms with Gasteiger partial charge < -0.3 is 9.80 Å². The normalized spacial score (nSPS) is 24.1. The van der Waals surface area contributed by atoms with E-state index in [1.54, 1.807) is 0 Å². The smallest absolute Gasteiger partial charge is 0.245 e. The van der Waals surface area contributed by atoms with E-state index >= 15 is 0 Å². The maximum Gasteiger partial charge on any atom is 0.245 e. The summed E-state index contributed by atoms with van der Waals surface area (Å²) in [5, 5.41) is 0. The minimum atomic E-state index is 0.0150. The molecule has 1 amide bonds. The molecule has 16 heavy (non-hydrogen) atoms. The summed E-state index contributed by atoms with van der Waals surface area (Å²) < 4.78 is 0. The maximum absolute atomic E-state index is 12.2. The van der Waals surface area contributed by atoms with E-state index in [1.807, 2.05) is 24.2 Å². The van der Waals surface area contributed by atoms with Crippen LogP contribution in [0.3, 0.4) is 0 Å². The van der Waals surface area contributed by atoms with Gasteiger partial charge in [0.05, 0.1) is 0 Å². The van der Waals surface area contributed by atoms with Crippen molar-refractivity contribution in [3.8, 4) is 0 Å². The van der Waals surface area contributed by atoms with Crippen molar-refractivity contribution in [3.63, 3.8) is 0 Å². The molecule has 0 N–H and O–H groups in total. The number of hydrogen-bond acceptors (Lipinski definition) is 3. The summed E-state index contributed by atoms with van der Waals surface area (Å²) >= 11 is 0. The summed E-state index contributed by atoms with van der Waals surface area (Å²) in [6.45, 7) is 1.63. The Labute approximate surface area is 94.9 Å². The van der Waals surface area contributed by atoms with Gasteiger partial charge in [0.2, 0.25) is 5.91 Å². The number of carbonyl (C=O) groups excluding carboxylic acids is 1. The first-order chi connectivity index (χ1) is 7.77. The highest BCUT2D eigenvalue weighted by molar-refractivity contribution is 5.87. The molecule has 0 unspecified atom stereocenters. The predicted octanol–water partition coefficient (Wildman–Crippen LogP) is 1.02. The van der Waals surface area contributed by atoms with Crippen molar-refractivity contribution < 1.29 is 4.79 Å². The molecule has 4 nitrogen and oxygen atoms in total. The van der Waals surface area contributed by atoms with Gasteiger partial charge in [-0.1, -0.05) is 6.07 Å². The van der Waals surface area contributed by atoms with Gasteiger partial charge in [-0.25, -0.2) is 4.98 Å². The van der Waals surface area contributed by atoms with Crippen molar-refractivity contribution in [1.82, 2.24) is 9.88 Å². The Bertz CT molecular complexity index is 432. The molecule has 2 aliphatic heterocycles. The molecule has 1 aromatic rings. The summed E-state index contributed by atoms with van der Waals surface area (Å²) in [5.74, 6) is 1.23. The second kappa shape index (κ2) is 3.47. The molecule has 84 valence electrons. The topological polar surface area (TPSA) is 36.4 Å². The molecule has 0 aromatic carbocycles. The Kier molecular flexibility index (Phi) is 2.09. The third-order valence-corrected chi connectivity index (χ3v) is 3.46. The lowest BCUT2D eigenvalue weighted by Crippen LogP contribution is -2.41. The van der Waals surface area contributed by atoms with E-state index < -0.39 is 0 Å². The Morgan fingerprint density at radius 1 is 1.50 bits per heavy atom. The molecule has 3 heterocycles. The number of carbonyl (C=O) groups is 1. The molecule has 0 aliphatic carbocycles. The second-order valence-electron chi connectivity index (χ2n) is 4.53. The molecule has 1 fully saturated rings. The molecule has 1 aromatic heterocycles. The van der Waals surface area contributed by atoms with Crippen LogP contribution < -0.4 is 4.90 Å². The highest BCUT2D eigenvalue weighted by atomic mass is 16.2. The van der Waals surface area contributed by atoms with E-state index in [1.165, 1.54) is 0 Å². The quantitative estimate of drug-likeness (QED) is 0.651. The zero-order valence-electron chi connectivity index (χ0n) is 9.39. The number of anilines is 1. The fraction of sp³-hybridized carbons (Fsp3) is 0.500. The number of pyridine rings is 1. The van der Waals surface area contributed by atoms with Crippen molar-refractivity contribution >= 4 is 11.7 Å². The van der Waals surface area contributed by atoms with Gasteiger partial charge >= 0.3 is 0 Å². The van der Waals surface area contributed by atoms with Gasteiger partial charge in [-0.15, -0.1) is 0 Å². The van der Waals surface area contributed by atoms with Crippen molar-refractivity contribution in [2.75, 3.05) is 18.5 Å². The number of likely N-dealkylation sites (N-methyl/N-ethyl adjacent to an activating group) is 1. The molecule has 4 heteroatoms. The first-order valence-corrected chi connectivity index (χ1v) is 5.73. The van der Waals surface area contributed by atoms with Crippen LogP contribution in [-0.2, 0) is 11.3 Å². The van der Waals surface area contributed by atoms with Crippen molar-refractivity contribution in [1.29, 1.82) is 0 Å². The van der Waals surface area contributed by atoms with E-state index in [4.69, 9.17) is 0 Å². The van der Waals surface area contributed by atoms with Crippen molar-refractivity contribution in [3.05, 3.63) is 23.9 Å². The molecule has 1 saturated heterocycles. The number of aromatic nitrogens is 1. The molecule has 3 rings (SSSR count). The van der Waals surface area contributed by atoms with Crippen LogP contribution in [0.5, 0.6) is 0 Å². The average molecular weight is 217 g/mol. The molecule has 2 aliphatic rings. The minimum Gasteiger partial charge on any atom is -0.344 e. The lowest BCUT2D eigenvalue weighted by molar-refractivity contribution is -0.131. The van der Waals surface area contributed by atoms with Gasteiger partial charge in [-0.3, -0.25) is 4.79 Å². The SMILES string of the molecule is CN1Cc2cccnc2N2CCC[C@H]2C1=O. The average Bonchev–Trinajstić information content (AvgIpc) is 2.74. The zero-order valence-corrected chi connectivity index (χ0v) is 9.39. The van der Waals surface area contributed by atoms with Crippen molar-refractivity contribution in [2.45, 2.75) is 25.4 Å². The monoisotopic (exact) mass is 217 g/mol. The summed E-state index contributed by atoms with van der Waals surface area (Å²) in [7, 11) is 1.88. The highest BCUT2D eigenvalue weighted by Crippen LogP contribution is 2.31. The number of amides is 1. The van der Waals surface area contributed by atoms with E-state index in [-0.39, 0.29) is 11.9 Å². The van der Waals surface area contributed by atoms with Crippen LogP contribution in [0.4, 0.5) is 5.82 Å². The van der Waals surface area contributed by atoms with Gasteiger partial charge in [0.15, 0.2) is 0 Å². The molecule has 0 saturated carbocycles. The Balaban J connectivity index is 2.10. The summed E-state index contributed by atoms with van der Waals surface area (Å²) in [6.07, 6.45) is 3.85. The summed E-state index contributed by atoms with van der Waals surface area (Å²) in [4.78, 5) is 20.6. The minimum absolute atomic E-state index is 0.0150. The van der Waals surface area contributed by atoms with Gasteiger partial charge in [0.25, 0.3) is 0 Å². The first-order valence-electron chi connectivity index (χ1n) is 5.73. The van der Waals surface area contributed by atoms with Gasteiger partial charge in [-0.2, -0.15) is 0 Å². The van der Waals surface area contributed by atoms with Crippen LogP contribution in [-0.4, -0.2) is 35.4 Å². The molecule has 0 spiro atoms. The lowest BCUT2D eigenvalue weighted by atomic mass is 10.2. The van der Waals surface area contributed by atoms with Crippen LogP contribution in [0.25, 0.3) is 0 Å². The van der Waals surface area contributed by atoms with E-state index in [9.17, 15) is 4.79 Å². The van der Waals surface area contributed by atoms with Crippen LogP contribution in [0.2, 0.25) is 0 Å². The third-order valence-electron chi connectivity index (χ3n) is 3.46. The standard InChI is InChI=1S/C12H15N3O/c1-14-8-9-4-2-6-13-11(9)15-7-3-5-10(15)12(14)16/h2,4,6,10H,3,5,7-8H2,1H3/t10-/m0/s1. The maximum atomic E-state index is 12.2. The van der Waals surface area contributed by atoms with E-state index in [0.29, 0.717) is 6.54 Å². The third kappa shape index (κ3) is 1.29. The number of nitrogens with zero attached hydrogens (tertiary/aromatic N) is 3. The first kappa shape index (κ1) is 9.63. The molecule has 0 radical (unpaired) electrons. The van der Waals surface area contributed by atoms with Gasteiger partial charge in [-0.05, 0) is 18.9 Å². The summed E-state index contributed by atoms with van der Waals surface area (Å²) in [5.41, 5.74) is 1.16. The van der Waals surface area contributed by atoms with Gasteiger partial charge in [0.1, 0.15) is 11.9 Å².